The first-order valence-corrected chi connectivity index (χ1v) is 13.0. The molecule has 6 rings (SSSR count). The zero-order valence-corrected chi connectivity index (χ0v) is 17.7. The number of rotatable bonds is 2. The van der Waals surface area contributed by atoms with Crippen molar-refractivity contribution in [3.05, 3.63) is 12.2 Å². The van der Waals surface area contributed by atoms with Gasteiger partial charge in [0.25, 0.3) is 0 Å². The van der Waals surface area contributed by atoms with Gasteiger partial charge in [-0.2, -0.15) is 0 Å². The largest absolute Gasteiger partial charge is 0.0854 e. The van der Waals surface area contributed by atoms with E-state index in [0.29, 0.717) is 0 Å². The lowest BCUT2D eigenvalue weighted by Crippen LogP contribution is -2.47. The molecule has 0 amide bonds. The lowest BCUT2D eigenvalue weighted by atomic mass is 9.50. The highest BCUT2D eigenvalue weighted by molar-refractivity contribution is 5.10. The molecule has 0 N–H and O–H groups in total. The predicted molar refractivity (Wildman–Crippen MR) is 113 cm³/mol. The van der Waals surface area contributed by atoms with Gasteiger partial charge in [0, 0.05) is 0 Å². The average Bonchev–Trinajstić information content (AvgIpc) is 3.41. The Bertz CT molecular complexity index is 553. The summed E-state index contributed by atoms with van der Waals surface area (Å²) in [5.74, 6) is 12.0. The number of allylic oxidation sites excluding steroid dienone is 2. The number of fused-ring (bicyclic) bond motifs is 4. The molecule has 0 radical (unpaired) electrons. The SMILES string of the molecule is CC1C=CC(C2CC3CC2CC3C2C3CCCCC3CC3CCCCC32)C1. The molecule has 6 aliphatic rings. The van der Waals surface area contributed by atoms with Gasteiger partial charge in [-0.15, -0.1) is 0 Å². The molecule has 0 heterocycles. The Morgan fingerprint density at radius 1 is 0.519 bits per heavy atom. The van der Waals surface area contributed by atoms with E-state index in [1.807, 2.05) is 0 Å². The molecule has 6 aliphatic carbocycles. The van der Waals surface area contributed by atoms with E-state index < -0.39 is 0 Å². The second kappa shape index (κ2) is 6.91. The van der Waals surface area contributed by atoms with Crippen LogP contribution in [0.1, 0.15) is 90.4 Å². The molecule has 5 fully saturated rings. The van der Waals surface area contributed by atoms with E-state index in [9.17, 15) is 0 Å². The van der Waals surface area contributed by atoms with Gasteiger partial charge in [-0.3, -0.25) is 0 Å². The van der Waals surface area contributed by atoms with E-state index in [1.165, 1.54) is 6.42 Å². The zero-order chi connectivity index (χ0) is 18.0. The van der Waals surface area contributed by atoms with Gasteiger partial charge < -0.3 is 0 Å². The van der Waals surface area contributed by atoms with Gasteiger partial charge >= 0.3 is 0 Å². The summed E-state index contributed by atoms with van der Waals surface area (Å²) in [5, 5.41) is 0. The topological polar surface area (TPSA) is 0 Å². The molecule has 5 saturated carbocycles. The predicted octanol–water partition coefficient (Wildman–Crippen LogP) is 7.49. The Hall–Kier alpha value is -0.260. The van der Waals surface area contributed by atoms with Crippen LogP contribution in [0.2, 0.25) is 0 Å². The summed E-state index contributed by atoms with van der Waals surface area (Å²) in [6.45, 7) is 2.43. The Morgan fingerprint density at radius 2 is 1.11 bits per heavy atom. The monoisotopic (exact) mass is 366 g/mol. The molecule has 0 saturated heterocycles. The Morgan fingerprint density at radius 3 is 1.70 bits per heavy atom. The summed E-state index contributed by atoms with van der Waals surface area (Å²) in [4.78, 5) is 0. The quantitative estimate of drug-likeness (QED) is 0.444. The molecule has 10 unspecified atom stereocenters. The van der Waals surface area contributed by atoms with Crippen molar-refractivity contribution in [1.82, 2.24) is 0 Å². The molecule has 0 aliphatic heterocycles. The van der Waals surface area contributed by atoms with Crippen molar-refractivity contribution in [3.8, 4) is 0 Å². The van der Waals surface area contributed by atoms with Gasteiger partial charge in [-0.05, 0) is 110 Å². The minimum Gasteiger partial charge on any atom is -0.0854 e. The minimum absolute atomic E-state index is 0.856. The summed E-state index contributed by atoms with van der Waals surface area (Å²) < 4.78 is 0. The first-order valence-electron chi connectivity index (χ1n) is 13.0. The van der Waals surface area contributed by atoms with Crippen LogP contribution in [0.5, 0.6) is 0 Å². The van der Waals surface area contributed by atoms with E-state index in [4.69, 9.17) is 0 Å². The van der Waals surface area contributed by atoms with Crippen molar-refractivity contribution in [2.45, 2.75) is 90.4 Å². The lowest BCUT2D eigenvalue weighted by molar-refractivity contribution is -0.0562. The molecule has 27 heavy (non-hydrogen) atoms. The highest BCUT2D eigenvalue weighted by Gasteiger charge is 2.56. The molecule has 150 valence electrons. The molecule has 0 nitrogen and oxygen atoms in total. The summed E-state index contributed by atoms with van der Waals surface area (Å²) in [5.41, 5.74) is 0. The van der Waals surface area contributed by atoms with Gasteiger partial charge in [0.1, 0.15) is 0 Å². The van der Waals surface area contributed by atoms with Crippen molar-refractivity contribution in [1.29, 1.82) is 0 Å². The van der Waals surface area contributed by atoms with E-state index in [-0.39, 0.29) is 0 Å². The second-order valence-electron chi connectivity index (χ2n) is 12.0. The van der Waals surface area contributed by atoms with E-state index in [1.54, 1.807) is 77.0 Å². The van der Waals surface area contributed by atoms with Crippen molar-refractivity contribution in [2.24, 2.45) is 65.1 Å². The van der Waals surface area contributed by atoms with Crippen molar-refractivity contribution < 1.29 is 0 Å². The van der Waals surface area contributed by atoms with Crippen LogP contribution in [-0.4, -0.2) is 0 Å². The second-order valence-corrected chi connectivity index (χ2v) is 12.0. The molecular weight excluding hydrogens is 324 g/mol. The fourth-order valence-electron chi connectivity index (χ4n) is 10.0. The van der Waals surface area contributed by atoms with Crippen LogP contribution < -0.4 is 0 Å². The Balaban J connectivity index is 1.22. The lowest BCUT2D eigenvalue weighted by Gasteiger charge is -2.55. The molecular formula is C27H42. The van der Waals surface area contributed by atoms with Crippen LogP contribution in [0.15, 0.2) is 12.2 Å². The maximum absolute atomic E-state index is 2.62. The fraction of sp³-hybridized carbons (Fsp3) is 0.926. The fourth-order valence-corrected chi connectivity index (χ4v) is 10.0. The van der Waals surface area contributed by atoms with Crippen molar-refractivity contribution >= 4 is 0 Å². The van der Waals surface area contributed by atoms with Crippen LogP contribution in [0, 0.1) is 65.1 Å². The van der Waals surface area contributed by atoms with Crippen LogP contribution in [0.25, 0.3) is 0 Å². The first-order chi connectivity index (χ1) is 13.3. The molecule has 0 aromatic carbocycles. The maximum Gasteiger partial charge on any atom is -0.0197 e. The van der Waals surface area contributed by atoms with E-state index >= 15 is 0 Å². The van der Waals surface area contributed by atoms with E-state index in [2.05, 4.69) is 19.1 Å². The summed E-state index contributed by atoms with van der Waals surface area (Å²) in [6, 6.07) is 0. The Kier molecular flexibility index (Phi) is 4.50. The zero-order valence-electron chi connectivity index (χ0n) is 17.7. The smallest absolute Gasteiger partial charge is 0.0197 e. The highest BCUT2D eigenvalue weighted by atomic mass is 14.6. The maximum atomic E-state index is 2.62. The van der Waals surface area contributed by atoms with Crippen molar-refractivity contribution in [2.75, 3.05) is 0 Å². The average molecular weight is 367 g/mol. The van der Waals surface area contributed by atoms with E-state index in [0.717, 1.165) is 65.1 Å². The molecule has 2 bridgehead atoms. The number of hydrogen-bond donors (Lipinski definition) is 0. The first kappa shape index (κ1) is 17.6. The molecule has 0 aromatic heterocycles. The Labute approximate surface area is 168 Å². The third kappa shape index (κ3) is 2.90. The third-order valence-corrected chi connectivity index (χ3v) is 10.9. The van der Waals surface area contributed by atoms with Crippen LogP contribution in [0.3, 0.4) is 0 Å². The molecule has 0 heteroatoms. The molecule has 0 spiro atoms. The van der Waals surface area contributed by atoms with Gasteiger partial charge in [-0.1, -0.05) is 57.6 Å². The summed E-state index contributed by atoms with van der Waals surface area (Å²) in [6.07, 6.45) is 25.8. The third-order valence-electron chi connectivity index (χ3n) is 10.9. The van der Waals surface area contributed by atoms with Gasteiger partial charge in [0.15, 0.2) is 0 Å². The normalized spacial score (nSPS) is 56.9. The minimum atomic E-state index is 0.856. The standard InChI is InChI=1S/C27H42/c1-17-10-11-20(12-17)25-15-22-14-21(25)16-26(22)27-23-8-4-2-6-18(23)13-19-7-3-5-9-24(19)27/h10-11,17-27H,2-9,12-16H2,1H3. The summed E-state index contributed by atoms with van der Waals surface area (Å²) in [7, 11) is 0. The molecule has 10 atom stereocenters. The van der Waals surface area contributed by atoms with Crippen molar-refractivity contribution in [3.63, 3.8) is 0 Å². The van der Waals surface area contributed by atoms with Crippen LogP contribution >= 0.6 is 0 Å². The van der Waals surface area contributed by atoms with Gasteiger partial charge in [-0.25, -0.2) is 0 Å². The van der Waals surface area contributed by atoms with Gasteiger partial charge in [0.2, 0.25) is 0 Å². The summed E-state index contributed by atoms with van der Waals surface area (Å²) >= 11 is 0. The van der Waals surface area contributed by atoms with Crippen LogP contribution in [0.4, 0.5) is 0 Å². The van der Waals surface area contributed by atoms with Gasteiger partial charge in [0.05, 0.1) is 0 Å². The number of hydrogen-bond acceptors (Lipinski definition) is 0. The van der Waals surface area contributed by atoms with Crippen LogP contribution in [-0.2, 0) is 0 Å². The molecule has 0 aromatic rings. The highest BCUT2D eigenvalue weighted by Crippen LogP contribution is 2.64.